The SMILES string of the molecule is O=C(c1ccc(Cl)cc1Cl)[C@@H]1[C@@H]2C(=O)N(c3cccc(C(F)(F)F)c3)C(=O)[C@@H]2[C@@H]2c3ccccc3C=CN12. The van der Waals surface area contributed by atoms with Gasteiger partial charge in [-0.15, -0.1) is 0 Å². The van der Waals surface area contributed by atoms with Crippen LogP contribution in [0.3, 0.4) is 0 Å². The van der Waals surface area contributed by atoms with E-state index in [9.17, 15) is 27.6 Å². The first kappa shape index (κ1) is 24.7. The molecule has 192 valence electrons. The first-order valence-corrected chi connectivity index (χ1v) is 12.4. The van der Waals surface area contributed by atoms with Crippen molar-refractivity contribution >= 4 is 52.6 Å². The largest absolute Gasteiger partial charge is 0.416 e. The number of fused-ring (bicyclic) bond motifs is 5. The molecule has 2 fully saturated rings. The van der Waals surface area contributed by atoms with Gasteiger partial charge >= 0.3 is 6.18 Å². The molecule has 0 radical (unpaired) electrons. The summed E-state index contributed by atoms with van der Waals surface area (Å²) in [4.78, 5) is 44.1. The second-order valence-electron chi connectivity index (χ2n) is 9.38. The molecular formula is C28H17Cl2F3N2O3. The molecule has 0 aliphatic carbocycles. The van der Waals surface area contributed by atoms with Crippen LogP contribution in [-0.2, 0) is 15.8 Å². The van der Waals surface area contributed by atoms with Gasteiger partial charge in [0, 0.05) is 16.8 Å². The Morgan fingerprint density at radius 3 is 2.34 bits per heavy atom. The fraction of sp³-hybridized carbons (Fsp3) is 0.179. The molecular weight excluding hydrogens is 540 g/mol. The minimum absolute atomic E-state index is 0.0930. The van der Waals surface area contributed by atoms with Crippen LogP contribution in [0.2, 0.25) is 10.0 Å². The molecule has 5 nitrogen and oxygen atoms in total. The van der Waals surface area contributed by atoms with E-state index in [1.54, 1.807) is 23.2 Å². The van der Waals surface area contributed by atoms with Crippen molar-refractivity contribution in [3.8, 4) is 0 Å². The molecule has 0 bridgehead atoms. The topological polar surface area (TPSA) is 57.7 Å². The van der Waals surface area contributed by atoms with Crippen LogP contribution in [0, 0.1) is 11.8 Å². The zero-order valence-corrected chi connectivity index (χ0v) is 20.8. The van der Waals surface area contributed by atoms with Crippen LogP contribution in [0.4, 0.5) is 18.9 Å². The zero-order chi connectivity index (χ0) is 26.9. The smallest absolute Gasteiger partial charge is 0.358 e. The molecule has 2 amide bonds. The first-order valence-electron chi connectivity index (χ1n) is 11.7. The lowest BCUT2D eigenvalue weighted by Crippen LogP contribution is -2.44. The average molecular weight is 557 g/mol. The van der Waals surface area contributed by atoms with Gasteiger partial charge in [0.05, 0.1) is 34.2 Å². The van der Waals surface area contributed by atoms with Crippen LogP contribution in [0.25, 0.3) is 6.08 Å². The van der Waals surface area contributed by atoms with Crippen LogP contribution in [0.15, 0.2) is 72.9 Å². The van der Waals surface area contributed by atoms with E-state index >= 15 is 0 Å². The van der Waals surface area contributed by atoms with Crippen molar-refractivity contribution in [1.29, 1.82) is 0 Å². The molecule has 3 heterocycles. The third kappa shape index (κ3) is 3.66. The van der Waals surface area contributed by atoms with Gasteiger partial charge in [0.25, 0.3) is 0 Å². The number of alkyl halides is 3. The Kier molecular flexibility index (Phi) is 5.66. The highest BCUT2D eigenvalue weighted by molar-refractivity contribution is 6.37. The summed E-state index contributed by atoms with van der Waals surface area (Å²) >= 11 is 12.3. The maximum atomic E-state index is 13.9. The molecule has 6 rings (SSSR count). The number of imide groups is 1. The van der Waals surface area contributed by atoms with Crippen molar-refractivity contribution in [1.82, 2.24) is 4.90 Å². The molecule has 38 heavy (non-hydrogen) atoms. The summed E-state index contributed by atoms with van der Waals surface area (Å²) < 4.78 is 40.3. The molecule has 0 spiro atoms. The number of Topliss-reactive ketones (excluding diaryl/α,β-unsaturated/α-hetero) is 1. The highest BCUT2D eigenvalue weighted by Gasteiger charge is 2.64. The molecule has 2 saturated heterocycles. The summed E-state index contributed by atoms with van der Waals surface area (Å²) in [5.74, 6) is -4.01. The monoisotopic (exact) mass is 556 g/mol. The fourth-order valence-corrected chi connectivity index (χ4v) is 6.28. The Hall–Kier alpha value is -3.62. The molecule has 3 aliphatic rings. The summed E-state index contributed by atoms with van der Waals surface area (Å²) in [6.07, 6.45) is -1.17. The number of nitrogens with zero attached hydrogens (tertiary/aromatic N) is 2. The molecule has 0 saturated carbocycles. The molecule has 0 unspecified atom stereocenters. The highest BCUT2D eigenvalue weighted by atomic mass is 35.5. The third-order valence-corrected chi connectivity index (χ3v) is 7.91. The lowest BCUT2D eigenvalue weighted by Gasteiger charge is -2.35. The molecule has 0 N–H and O–H groups in total. The second-order valence-corrected chi connectivity index (χ2v) is 10.2. The highest BCUT2D eigenvalue weighted by Crippen LogP contribution is 2.54. The Morgan fingerprint density at radius 2 is 1.61 bits per heavy atom. The van der Waals surface area contributed by atoms with Gasteiger partial charge in [-0.05, 0) is 53.6 Å². The number of hydrogen-bond donors (Lipinski definition) is 0. The Labute approximate surface area is 225 Å². The van der Waals surface area contributed by atoms with Gasteiger partial charge in [0.1, 0.15) is 6.04 Å². The quantitative estimate of drug-likeness (QED) is 0.276. The minimum Gasteiger partial charge on any atom is -0.358 e. The van der Waals surface area contributed by atoms with Gasteiger partial charge in [0.2, 0.25) is 11.8 Å². The first-order chi connectivity index (χ1) is 18.1. The number of amides is 2. The van der Waals surface area contributed by atoms with E-state index in [4.69, 9.17) is 23.2 Å². The molecule has 3 aliphatic heterocycles. The van der Waals surface area contributed by atoms with E-state index in [1.807, 2.05) is 18.2 Å². The predicted octanol–water partition coefficient (Wildman–Crippen LogP) is 6.41. The summed E-state index contributed by atoms with van der Waals surface area (Å²) in [7, 11) is 0. The maximum absolute atomic E-state index is 13.9. The van der Waals surface area contributed by atoms with Crippen molar-refractivity contribution in [2.75, 3.05) is 4.90 Å². The van der Waals surface area contributed by atoms with Crippen molar-refractivity contribution in [2.24, 2.45) is 11.8 Å². The molecule has 3 aromatic carbocycles. The van der Waals surface area contributed by atoms with Gasteiger partial charge < -0.3 is 4.90 Å². The zero-order valence-electron chi connectivity index (χ0n) is 19.3. The standard InChI is InChI=1S/C28H17Cl2F3N2O3/c29-16-8-9-19(20(30)13-16)25(36)24-22-21(23-18-7-2-1-4-14(18)10-11-34(23)24)26(37)35(27(22)38)17-6-3-5-15(12-17)28(31,32)33/h1-13,21-24H/t21-,22+,23-,24-/m0/s1. The van der Waals surface area contributed by atoms with Crippen molar-refractivity contribution < 1.29 is 27.6 Å². The molecule has 4 atom stereocenters. The van der Waals surface area contributed by atoms with E-state index in [0.717, 1.165) is 34.2 Å². The summed E-state index contributed by atoms with van der Waals surface area (Å²) in [5.41, 5.74) is 0.523. The van der Waals surface area contributed by atoms with Crippen LogP contribution in [-0.4, -0.2) is 28.5 Å². The van der Waals surface area contributed by atoms with E-state index < -0.39 is 53.3 Å². The number of halogens is 5. The number of anilines is 1. The summed E-state index contributed by atoms with van der Waals surface area (Å²) in [6, 6.07) is 14.0. The van der Waals surface area contributed by atoms with Crippen LogP contribution in [0.5, 0.6) is 0 Å². The van der Waals surface area contributed by atoms with E-state index in [0.29, 0.717) is 5.02 Å². The van der Waals surface area contributed by atoms with Crippen LogP contribution in [0.1, 0.15) is 33.1 Å². The van der Waals surface area contributed by atoms with Gasteiger partial charge in [-0.3, -0.25) is 14.4 Å². The number of carbonyl (C=O) groups is 3. The molecule has 3 aromatic rings. The lowest BCUT2D eigenvalue weighted by molar-refractivity contribution is -0.137. The maximum Gasteiger partial charge on any atom is 0.416 e. The number of ketones is 1. The van der Waals surface area contributed by atoms with Gasteiger partial charge in [-0.25, -0.2) is 4.90 Å². The van der Waals surface area contributed by atoms with Crippen molar-refractivity contribution in [2.45, 2.75) is 18.3 Å². The predicted molar refractivity (Wildman–Crippen MR) is 136 cm³/mol. The van der Waals surface area contributed by atoms with E-state index in [-0.39, 0.29) is 16.3 Å². The lowest BCUT2D eigenvalue weighted by atomic mass is 9.83. The van der Waals surface area contributed by atoms with Crippen LogP contribution < -0.4 is 4.90 Å². The third-order valence-electron chi connectivity index (χ3n) is 7.36. The minimum atomic E-state index is -4.66. The van der Waals surface area contributed by atoms with Crippen LogP contribution >= 0.6 is 23.2 Å². The van der Waals surface area contributed by atoms with Gasteiger partial charge in [-0.1, -0.05) is 53.5 Å². The van der Waals surface area contributed by atoms with Gasteiger partial charge in [0.15, 0.2) is 5.78 Å². The van der Waals surface area contributed by atoms with E-state index in [1.165, 1.54) is 24.3 Å². The van der Waals surface area contributed by atoms with Crippen molar-refractivity contribution in [3.63, 3.8) is 0 Å². The average Bonchev–Trinajstić information content (AvgIpc) is 3.35. The second kappa shape index (κ2) is 8.71. The fourth-order valence-electron chi connectivity index (χ4n) is 5.78. The summed E-state index contributed by atoms with van der Waals surface area (Å²) in [5, 5.41) is 0.416. The number of benzene rings is 3. The molecule has 0 aromatic heterocycles. The number of hydrogen-bond acceptors (Lipinski definition) is 4. The van der Waals surface area contributed by atoms with Crippen molar-refractivity contribution in [3.05, 3.63) is 105 Å². The van der Waals surface area contributed by atoms with E-state index in [2.05, 4.69) is 0 Å². The van der Waals surface area contributed by atoms with Gasteiger partial charge in [-0.2, -0.15) is 13.2 Å². The normalized spacial score (nSPS) is 23.9. The molecule has 10 heteroatoms. The Bertz CT molecular complexity index is 1550. The number of rotatable bonds is 3. The number of carbonyl (C=O) groups excluding carboxylic acids is 3. The Morgan fingerprint density at radius 1 is 0.868 bits per heavy atom. The summed E-state index contributed by atoms with van der Waals surface area (Å²) in [6.45, 7) is 0. The Balaban J connectivity index is 1.49.